The van der Waals surface area contributed by atoms with E-state index < -0.39 is 11.9 Å². The van der Waals surface area contributed by atoms with Gasteiger partial charge in [-0.2, -0.15) is 0 Å². The summed E-state index contributed by atoms with van der Waals surface area (Å²) in [5, 5.41) is 12.5. The van der Waals surface area contributed by atoms with Gasteiger partial charge < -0.3 is 24.2 Å². The molecular formula is C35H45N3O5S. The number of rotatable bonds is 8. The van der Waals surface area contributed by atoms with Crippen LogP contribution in [0.4, 0.5) is 5.13 Å². The van der Waals surface area contributed by atoms with Gasteiger partial charge in [-0.25, -0.2) is 4.98 Å². The Labute approximate surface area is 265 Å². The molecule has 9 heteroatoms. The number of aliphatic carboxylic acids is 1. The third-order valence-electron chi connectivity index (χ3n) is 9.69. The fourth-order valence-corrected chi connectivity index (χ4v) is 8.07. The summed E-state index contributed by atoms with van der Waals surface area (Å²) in [5.41, 5.74) is 7.02. The van der Waals surface area contributed by atoms with Gasteiger partial charge >= 0.3 is 5.97 Å². The summed E-state index contributed by atoms with van der Waals surface area (Å²) in [7, 11) is 1.58. The fraction of sp³-hybridized carbons (Fsp3) is 0.543. The number of aromatic nitrogens is 1. The molecule has 3 aliphatic heterocycles. The minimum Gasteiger partial charge on any atom is -0.488 e. The maximum Gasteiger partial charge on any atom is 0.309 e. The molecule has 1 N–H and O–H groups in total. The Morgan fingerprint density at radius 3 is 2.75 bits per heavy atom. The van der Waals surface area contributed by atoms with Crippen LogP contribution in [0, 0.1) is 12.8 Å². The van der Waals surface area contributed by atoms with Crippen molar-refractivity contribution >= 4 is 22.4 Å². The largest absolute Gasteiger partial charge is 0.488 e. The molecular weight excluding hydrogens is 574 g/mol. The van der Waals surface area contributed by atoms with Gasteiger partial charge in [-0.15, -0.1) is 11.3 Å². The van der Waals surface area contributed by atoms with Crippen molar-refractivity contribution in [3.8, 4) is 17.0 Å². The van der Waals surface area contributed by atoms with Gasteiger partial charge in [0.15, 0.2) is 5.13 Å². The van der Waals surface area contributed by atoms with Crippen molar-refractivity contribution in [1.82, 2.24) is 9.88 Å². The van der Waals surface area contributed by atoms with Gasteiger partial charge in [0, 0.05) is 68.9 Å². The number of nitrogens with zero attached hydrogens (tertiary/aromatic N) is 3. The first kappa shape index (κ1) is 31.0. The molecule has 8 nitrogen and oxygen atoms in total. The molecule has 2 saturated heterocycles. The van der Waals surface area contributed by atoms with E-state index in [1.807, 2.05) is 6.07 Å². The monoisotopic (exact) mass is 619 g/mol. The van der Waals surface area contributed by atoms with E-state index in [0.29, 0.717) is 32.2 Å². The Bertz CT molecular complexity index is 1470. The van der Waals surface area contributed by atoms with Gasteiger partial charge in [0.2, 0.25) is 0 Å². The summed E-state index contributed by atoms with van der Waals surface area (Å²) in [6, 6.07) is 13.7. The number of aryl methyl sites for hydroxylation is 1. The van der Waals surface area contributed by atoms with Crippen LogP contribution in [0.15, 0.2) is 41.8 Å². The first-order valence-corrected chi connectivity index (χ1v) is 16.7. The Balaban J connectivity index is 1.17. The van der Waals surface area contributed by atoms with Crippen molar-refractivity contribution in [3.05, 3.63) is 64.0 Å². The minimum atomic E-state index is -0.798. The minimum absolute atomic E-state index is 0.0474. The summed E-state index contributed by atoms with van der Waals surface area (Å²) in [5.74, 6) is -0.437. The molecule has 2 atom stereocenters. The molecule has 2 aromatic carbocycles. The molecule has 0 radical (unpaired) electrons. The SMILES string of the molecule is CO[C@@H]1CN(c2nc(-c3cccc(C)c3OCc3ccc4c(c3)C(C)(C)CN(C3CCOCC3)CC4)cs2)CC[C@@H]1C(=O)O. The highest BCUT2D eigenvalue weighted by Gasteiger charge is 2.36. The smallest absolute Gasteiger partial charge is 0.309 e. The Morgan fingerprint density at radius 1 is 1.16 bits per heavy atom. The predicted molar refractivity (Wildman–Crippen MR) is 174 cm³/mol. The first-order valence-electron chi connectivity index (χ1n) is 15.9. The topological polar surface area (TPSA) is 84.4 Å². The van der Waals surface area contributed by atoms with Crippen LogP contribution in [0.3, 0.4) is 0 Å². The molecule has 236 valence electrons. The van der Waals surface area contributed by atoms with Crippen LogP contribution < -0.4 is 9.64 Å². The van der Waals surface area contributed by atoms with Crippen LogP contribution in [0.2, 0.25) is 0 Å². The van der Waals surface area contributed by atoms with E-state index in [9.17, 15) is 9.90 Å². The predicted octanol–water partition coefficient (Wildman–Crippen LogP) is 5.94. The molecule has 0 bridgehead atoms. The third kappa shape index (κ3) is 6.52. The van der Waals surface area contributed by atoms with E-state index in [1.54, 1.807) is 18.4 Å². The van der Waals surface area contributed by atoms with Crippen LogP contribution in [0.1, 0.15) is 55.4 Å². The van der Waals surface area contributed by atoms with Crippen LogP contribution in [-0.2, 0) is 32.7 Å². The van der Waals surface area contributed by atoms with Crippen LogP contribution in [-0.4, -0.2) is 79.6 Å². The van der Waals surface area contributed by atoms with Crippen molar-refractivity contribution < 1.29 is 24.1 Å². The van der Waals surface area contributed by atoms with E-state index in [-0.39, 0.29) is 11.5 Å². The van der Waals surface area contributed by atoms with Gasteiger partial charge in [-0.05, 0) is 60.9 Å². The molecule has 3 aliphatic rings. The zero-order valence-electron chi connectivity index (χ0n) is 26.4. The summed E-state index contributed by atoms with van der Waals surface area (Å²) in [6.45, 7) is 12.4. The number of carboxylic acids is 1. The van der Waals surface area contributed by atoms with Gasteiger partial charge in [0.25, 0.3) is 0 Å². The lowest BCUT2D eigenvalue weighted by molar-refractivity contribution is -0.147. The molecule has 0 unspecified atom stereocenters. The molecule has 3 aromatic rings. The highest BCUT2D eigenvalue weighted by molar-refractivity contribution is 7.14. The maximum atomic E-state index is 11.6. The zero-order chi connectivity index (χ0) is 30.8. The van der Waals surface area contributed by atoms with E-state index in [0.717, 1.165) is 73.3 Å². The number of piperidine rings is 1. The summed E-state index contributed by atoms with van der Waals surface area (Å²) in [4.78, 5) is 21.5. The van der Waals surface area contributed by atoms with Crippen molar-refractivity contribution in [2.75, 3.05) is 51.4 Å². The van der Waals surface area contributed by atoms with Gasteiger partial charge in [0.05, 0.1) is 17.7 Å². The van der Waals surface area contributed by atoms with Crippen molar-refractivity contribution in [1.29, 1.82) is 0 Å². The van der Waals surface area contributed by atoms with Crippen molar-refractivity contribution in [2.24, 2.45) is 5.92 Å². The fourth-order valence-electron chi connectivity index (χ4n) is 7.21. The molecule has 4 heterocycles. The van der Waals surface area contributed by atoms with Gasteiger partial charge in [0.1, 0.15) is 12.4 Å². The lowest BCUT2D eigenvalue weighted by Crippen LogP contribution is -2.47. The number of thiazole rings is 1. The third-order valence-corrected chi connectivity index (χ3v) is 10.6. The number of hydrogen-bond acceptors (Lipinski definition) is 8. The summed E-state index contributed by atoms with van der Waals surface area (Å²) < 4.78 is 17.8. The highest BCUT2D eigenvalue weighted by atomic mass is 32.1. The lowest BCUT2D eigenvalue weighted by atomic mass is 9.80. The number of benzene rings is 2. The number of hydrogen-bond donors (Lipinski definition) is 1. The number of carboxylic acid groups (broad SMARTS) is 1. The number of methoxy groups -OCH3 is 1. The molecule has 0 spiro atoms. The second-order valence-corrected chi connectivity index (χ2v) is 14.0. The highest BCUT2D eigenvalue weighted by Crippen LogP contribution is 2.38. The average molecular weight is 620 g/mol. The summed E-state index contributed by atoms with van der Waals surface area (Å²) in [6.07, 6.45) is 3.50. The Kier molecular flexibility index (Phi) is 9.29. The molecule has 0 aliphatic carbocycles. The molecule has 1 aromatic heterocycles. The standard InChI is InChI=1S/C35H45N3O5S/c1-23-6-5-7-27(30-21-44-34(36-30)37-15-11-28(33(39)40)31(19-37)41-4)32(23)43-20-24-8-9-25-10-14-38(26-12-16-42-17-13-26)22-35(2,3)29(25)18-24/h5-9,18,21,26,28,31H,10-17,19-20,22H2,1-4H3,(H,39,40)/t28-,31+/m0/s1. The van der Waals surface area contributed by atoms with E-state index >= 15 is 0 Å². The first-order chi connectivity index (χ1) is 21.2. The quantitative estimate of drug-likeness (QED) is 0.332. The van der Waals surface area contributed by atoms with E-state index in [1.165, 1.54) is 16.7 Å². The Morgan fingerprint density at radius 2 is 1.98 bits per heavy atom. The molecule has 44 heavy (non-hydrogen) atoms. The van der Waals surface area contributed by atoms with E-state index in [4.69, 9.17) is 19.2 Å². The van der Waals surface area contributed by atoms with Crippen molar-refractivity contribution in [2.45, 2.75) is 70.6 Å². The molecule has 2 fully saturated rings. The number of para-hydroxylation sites is 1. The van der Waals surface area contributed by atoms with Crippen LogP contribution >= 0.6 is 11.3 Å². The molecule has 6 rings (SSSR count). The van der Waals surface area contributed by atoms with Crippen molar-refractivity contribution in [3.63, 3.8) is 0 Å². The van der Waals surface area contributed by atoms with Gasteiger partial charge in [-0.3, -0.25) is 9.69 Å². The second kappa shape index (κ2) is 13.2. The van der Waals surface area contributed by atoms with Gasteiger partial charge in [-0.1, -0.05) is 44.2 Å². The van der Waals surface area contributed by atoms with Crippen LogP contribution in [0.5, 0.6) is 5.75 Å². The average Bonchev–Trinajstić information content (AvgIpc) is 3.48. The van der Waals surface area contributed by atoms with Crippen LogP contribution in [0.25, 0.3) is 11.3 Å². The van der Waals surface area contributed by atoms with E-state index in [2.05, 4.69) is 66.3 Å². The lowest BCUT2D eigenvalue weighted by Gasteiger charge is -2.38. The second-order valence-electron chi connectivity index (χ2n) is 13.1. The Hall–Kier alpha value is -2.98. The molecule has 0 saturated carbocycles. The number of ether oxygens (including phenoxy) is 3. The maximum absolute atomic E-state index is 11.6. The number of anilines is 1. The number of fused-ring (bicyclic) bond motifs is 1. The summed E-state index contributed by atoms with van der Waals surface area (Å²) >= 11 is 1.57. The zero-order valence-corrected chi connectivity index (χ0v) is 27.2. The normalized spacial score (nSPS) is 22.8. The molecule has 0 amide bonds. The number of carbonyl (C=O) groups is 1.